The van der Waals surface area contributed by atoms with Gasteiger partial charge in [-0.3, -0.25) is 9.69 Å². The largest absolute Gasteiger partial charge is 0.457 e. The van der Waals surface area contributed by atoms with Crippen molar-refractivity contribution in [3.63, 3.8) is 0 Å². The molecular weight excluding hydrogens is 638 g/mol. The van der Waals surface area contributed by atoms with Crippen LogP contribution in [0.15, 0.2) is 36.0 Å². The molecule has 11 heteroatoms. The van der Waals surface area contributed by atoms with E-state index in [4.69, 9.17) is 14.2 Å². The summed E-state index contributed by atoms with van der Waals surface area (Å²) >= 11 is 0. The zero-order chi connectivity index (χ0) is 36.6. The maximum absolute atomic E-state index is 13.4. The number of cyclic esters (lactones) is 1. The number of amides is 1. The van der Waals surface area contributed by atoms with Crippen LogP contribution >= 0.6 is 0 Å². The van der Waals surface area contributed by atoms with Crippen LogP contribution in [0.5, 0.6) is 0 Å². The molecule has 11 nitrogen and oxygen atoms in total. The number of rotatable bonds is 10. The van der Waals surface area contributed by atoms with Gasteiger partial charge in [0, 0.05) is 50.5 Å². The fourth-order valence-corrected chi connectivity index (χ4v) is 7.62. The maximum Gasteiger partial charge on any atom is 0.410 e. The van der Waals surface area contributed by atoms with Crippen LogP contribution < -0.4 is 0 Å². The Hall–Kier alpha value is -2.28. The third-order valence-corrected chi connectivity index (χ3v) is 11.3. The second kappa shape index (κ2) is 18.5. The molecular formula is C39H65N3O8. The fraction of sp³-hybridized carbons (Fsp3) is 0.795. The van der Waals surface area contributed by atoms with E-state index in [2.05, 4.69) is 16.8 Å². The smallest absolute Gasteiger partial charge is 0.410 e. The molecule has 0 saturated carbocycles. The number of likely N-dealkylation sites (tertiary alicyclic amines) is 1. The maximum atomic E-state index is 13.4. The number of piperazine rings is 1. The van der Waals surface area contributed by atoms with Crippen molar-refractivity contribution >= 4 is 12.1 Å². The van der Waals surface area contributed by atoms with Gasteiger partial charge in [-0.15, -0.1) is 0 Å². The monoisotopic (exact) mass is 703 g/mol. The Balaban J connectivity index is 1.38. The van der Waals surface area contributed by atoms with E-state index in [9.17, 15) is 24.9 Å². The highest BCUT2D eigenvalue weighted by Gasteiger charge is 2.47. The summed E-state index contributed by atoms with van der Waals surface area (Å²) in [5, 5.41) is 31.9. The quantitative estimate of drug-likeness (QED) is 0.131. The Morgan fingerprint density at radius 3 is 2.44 bits per heavy atom. The predicted octanol–water partition coefficient (Wildman–Crippen LogP) is 4.31. The highest BCUT2D eigenvalue weighted by Crippen LogP contribution is 2.37. The van der Waals surface area contributed by atoms with Crippen molar-refractivity contribution in [3.8, 4) is 0 Å². The molecule has 0 aromatic heterocycles. The average Bonchev–Trinajstić information content (AvgIpc) is 3.84. The molecule has 3 fully saturated rings. The Kier molecular flexibility index (Phi) is 15.0. The van der Waals surface area contributed by atoms with E-state index in [1.807, 2.05) is 57.7 Å². The van der Waals surface area contributed by atoms with Gasteiger partial charge >= 0.3 is 12.1 Å². The van der Waals surface area contributed by atoms with Crippen molar-refractivity contribution in [2.75, 3.05) is 46.3 Å². The summed E-state index contributed by atoms with van der Waals surface area (Å²) in [6.07, 6.45) is 10.6. The Morgan fingerprint density at radius 2 is 1.78 bits per heavy atom. The summed E-state index contributed by atoms with van der Waals surface area (Å²) in [4.78, 5) is 33.0. The minimum Gasteiger partial charge on any atom is -0.457 e. The summed E-state index contributed by atoms with van der Waals surface area (Å²) in [5.41, 5.74) is -0.350. The van der Waals surface area contributed by atoms with Crippen LogP contribution in [0.1, 0.15) is 86.5 Å². The number of esters is 1. The average molecular weight is 704 g/mol. The molecule has 4 heterocycles. The second-order valence-electron chi connectivity index (χ2n) is 15.8. The molecule has 0 aliphatic carbocycles. The molecule has 10 atom stereocenters. The SMILES string of the molecule is CCC(O)C(C)C1OC1CC(C)(O)/C=C/C=C(\C)C1OC(=O)CC(O)CCC(C)C(OC(=O)N2CCN(C3CCN(C)CC3)CC2)/C=C/C1C. The van der Waals surface area contributed by atoms with Crippen LogP contribution in [0.2, 0.25) is 0 Å². The molecule has 50 heavy (non-hydrogen) atoms. The van der Waals surface area contributed by atoms with Crippen molar-refractivity contribution in [2.45, 2.75) is 135 Å². The lowest BCUT2D eigenvalue weighted by Crippen LogP contribution is -2.54. The van der Waals surface area contributed by atoms with Gasteiger partial charge in [0.25, 0.3) is 0 Å². The highest BCUT2D eigenvalue weighted by molar-refractivity contribution is 5.70. The third-order valence-electron chi connectivity index (χ3n) is 11.3. The van der Waals surface area contributed by atoms with Gasteiger partial charge in [0.15, 0.2) is 0 Å². The lowest BCUT2D eigenvalue weighted by Gasteiger charge is -2.42. The number of carbonyl (C=O) groups excluding carboxylic acids is 2. The van der Waals surface area contributed by atoms with E-state index in [1.54, 1.807) is 19.1 Å². The number of allylic oxidation sites excluding steroid dienone is 2. The first-order valence-corrected chi connectivity index (χ1v) is 19.0. The van der Waals surface area contributed by atoms with Gasteiger partial charge in [-0.25, -0.2) is 4.79 Å². The van der Waals surface area contributed by atoms with E-state index in [1.165, 1.54) is 12.8 Å². The summed E-state index contributed by atoms with van der Waals surface area (Å²) in [5.74, 6) is -0.773. The number of hydrogen-bond acceptors (Lipinski definition) is 10. The summed E-state index contributed by atoms with van der Waals surface area (Å²) in [6, 6.07) is 0.579. The zero-order valence-corrected chi connectivity index (χ0v) is 31.6. The lowest BCUT2D eigenvalue weighted by molar-refractivity contribution is -0.151. The summed E-state index contributed by atoms with van der Waals surface area (Å²) in [6.45, 7) is 16.7. The van der Waals surface area contributed by atoms with Gasteiger partial charge in [-0.1, -0.05) is 52.0 Å². The molecule has 10 unspecified atom stereocenters. The lowest BCUT2D eigenvalue weighted by atomic mass is 9.91. The van der Waals surface area contributed by atoms with Crippen LogP contribution in [0.4, 0.5) is 4.79 Å². The first-order valence-electron chi connectivity index (χ1n) is 19.0. The highest BCUT2D eigenvalue weighted by atomic mass is 16.6. The van der Waals surface area contributed by atoms with Gasteiger partial charge < -0.3 is 39.3 Å². The Morgan fingerprint density at radius 1 is 1.10 bits per heavy atom. The number of nitrogens with zero attached hydrogens (tertiary/aromatic N) is 3. The number of hydrogen-bond donors (Lipinski definition) is 3. The first-order chi connectivity index (χ1) is 23.7. The fourth-order valence-electron chi connectivity index (χ4n) is 7.62. The molecule has 4 rings (SSSR count). The zero-order valence-electron chi connectivity index (χ0n) is 31.6. The number of ether oxygens (including phenoxy) is 3. The van der Waals surface area contributed by atoms with Crippen molar-refractivity contribution < 1.29 is 39.1 Å². The minimum atomic E-state index is -1.13. The predicted molar refractivity (Wildman–Crippen MR) is 193 cm³/mol. The van der Waals surface area contributed by atoms with E-state index in [0.29, 0.717) is 44.8 Å². The molecule has 1 amide bonds. The van der Waals surface area contributed by atoms with E-state index in [-0.39, 0.29) is 42.5 Å². The van der Waals surface area contributed by atoms with Crippen LogP contribution in [0.25, 0.3) is 0 Å². The molecule has 0 aromatic carbocycles. The molecule has 0 radical (unpaired) electrons. The molecule has 284 valence electrons. The van der Waals surface area contributed by atoms with Gasteiger partial charge in [-0.05, 0) is 83.7 Å². The first kappa shape index (κ1) is 40.5. The number of epoxide rings is 1. The number of piperidine rings is 1. The standard InChI is InChI=1S/C39H65N3O8/c1-8-32(44)29(5)37-34(48-37)25-39(6,47)17-9-10-27(3)36-28(4)12-14-33(26(2)11-13-31(43)24-35(45)50-36)49-38(46)42-22-20-41(21-23-42)30-15-18-40(7)19-16-30/h9-10,12,14,17,26,28-34,36-37,43-44,47H,8,11,13,15-16,18-25H2,1-7H3/b14-12+,17-9+,27-10+. The number of carbonyl (C=O) groups is 2. The van der Waals surface area contributed by atoms with Crippen LogP contribution in [0, 0.1) is 17.8 Å². The van der Waals surface area contributed by atoms with Gasteiger partial charge in [0.2, 0.25) is 0 Å². The van der Waals surface area contributed by atoms with E-state index >= 15 is 0 Å². The topological polar surface area (TPSA) is 136 Å². The third kappa shape index (κ3) is 11.9. The number of aliphatic hydroxyl groups excluding tert-OH is 2. The van der Waals surface area contributed by atoms with Crippen molar-refractivity contribution in [1.29, 1.82) is 0 Å². The van der Waals surface area contributed by atoms with E-state index in [0.717, 1.165) is 31.8 Å². The molecule has 0 bridgehead atoms. The van der Waals surface area contributed by atoms with Crippen LogP contribution in [0.3, 0.4) is 0 Å². The van der Waals surface area contributed by atoms with Gasteiger partial charge in [0.1, 0.15) is 12.2 Å². The second-order valence-corrected chi connectivity index (χ2v) is 15.8. The molecule has 4 aliphatic rings. The summed E-state index contributed by atoms with van der Waals surface area (Å²) < 4.78 is 17.8. The molecule has 3 saturated heterocycles. The normalized spacial score (nSPS) is 34.6. The van der Waals surface area contributed by atoms with E-state index < -0.39 is 36.0 Å². The Labute approximate surface area is 300 Å². The van der Waals surface area contributed by atoms with Gasteiger partial charge in [0.05, 0.1) is 36.4 Å². The summed E-state index contributed by atoms with van der Waals surface area (Å²) in [7, 11) is 2.17. The molecule has 3 N–H and O–H groups in total. The van der Waals surface area contributed by atoms with Crippen molar-refractivity contribution in [2.24, 2.45) is 17.8 Å². The van der Waals surface area contributed by atoms with Crippen LogP contribution in [-0.2, 0) is 19.0 Å². The minimum absolute atomic E-state index is 0.00598. The molecule has 0 aromatic rings. The Bertz CT molecular complexity index is 1190. The molecule has 0 spiro atoms. The van der Waals surface area contributed by atoms with Gasteiger partial charge in [-0.2, -0.15) is 0 Å². The number of aliphatic hydroxyl groups is 3. The van der Waals surface area contributed by atoms with Crippen molar-refractivity contribution in [3.05, 3.63) is 36.0 Å². The van der Waals surface area contributed by atoms with Crippen LogP contribution in [-0.4, -0.2) is 137 Å². The van der Waals surface area contributed by atoms with Crippen molar-refractivity contribution in [1.82, 2.24) is 14.7 Å². The molecule has 4 aliphatic heterocycles.